The van der Waals surface area contributed by atoms with Crippen molar-refractivity contribution in [3.05, 3.63) is 65.7 Å². The van der Waals surface area contributed by atoms with Crippen LogP contribution in [0.5, 0.6) is 5.75 Å². The van der Waals surface area contributed by atoms with Gasteiger partial charge in [-0.1, -0.05) is 42.5 Å². The maximum absolute atomic E-state index is 10.1. The summed E-state index contributed by atoms with van der Waals surface area (Å²) in [5, 5.41) is 13.4. The molecule has 0 saturated carbocycles. The van der Waals surface area contributed by atoms with Crippen molar-refractivity contribution in [2.24, 2.45) is 5.73 Å². The molecule has 0 amide bonds. The average Bonchev–Trinajstić information content (AvgIpc) is 2.56. The molecule has 0 spiro atoms. The molecule has 23 heavy (non-hydrogen) atoms. The highest BCUT2D eigenvalue weighted by Crippen LogP contribution is 2.12. The highest BCUT2D eigenvalue weighted by atomic mass is 35.5. The molecule has 4 nitrogen and oxygen atoms in total. The normalized spacial score (nSPS) is 13.0. The van der Waals surface area contributed by atoms with Gasteiger partial charge in [0, 0.05) is 19.1 Å². The van der Waals surface area contributed by atoms with E-state index in [-0.39, 0.29) is 18.4 Å². The molecule has 126 valence electrons. The molecule has 4 N–H and O–H groups in total. The first-order chi connectivity index (χ1) is 10.7. The van der Waals surface area contributed by atoms with Crippen molar-refractivity contribution in [1.82, 2.24) is 5.32 Å². The lowest BCUT2D eigenvalue weighted by molar-refractivity contribution is 0.141. The van der Waals surface area contributed by atoms with E-state index >= 15 is 0 Å². The van der Waals surface area contributed by atoms with E-state index in [2.05, 4.69) is 5.32 Å². The zero-order chi connectivity index (χ0) is 15.8. The maximum atomic E-state index is 10.1. The summed E-state index contributed by atoms with van der Waals surface area (Å²) < 4.78 is 5.19. The summed E-state index contributed by atoms with van der Waals surface area (Å²) in [6.07, 6.45) is 0.0915. The molecule has 0 aliphatic heterocycles. The number of hydrogen-bond donors (Lipinski definition) is 3. The van der Waals surface area contributed by atoms with Crippen LogP contribution < -0.4 is 15.8 Å². The first kappa shape index (κ1) is 19.5. The van der Waals surface area contributed by atoms with E-state index in [1.807, 2.05) is 54.6 Å². The molecule has 2 aromatic carbocycles. The molecule has 0 heterocycles. The number of ether oxygens (including phenoxy) is 1. The fourth-order valence-electron chi connectivity index (χ4n) is 2.32. The van der Waals surface area contributed by atoms with E-state index in [4.69, 9.17) is 10.5 Å². The Bertz CT molecular complexity index is 566. The van der Waals surface area contributed by atoms with Crippen molar-refractivity contribution < 1.29 is 9.84 Å². The molecular formula is C18H25ClN2O2. The van der Waals surface area contributed by atoms with Crippen molar-refractivity contribution in [3.8, 4) is 5.75 Å². The van der Waals surface area contributed by atoms with Crippen LogP contribution >= 0.6 is 12.4 Å². The lowest BCUT2D eigenvalue weighted by atomic mass is 10.0. The van der Waals surface area contributed by atoms with Crippen molar-refractivity contribution in [2.75, 3.05) is 13.7 Å². The molecule has 0 aromatic heterocycles. The van der Waals surface area contributed by atoms with E-state index in [9.17, 15) is 5.11 Å². The van der Waals surface area contributed by atoms with E-state index in [1.165, 1.54) is 0 Å². The number of hydrogen-bond acceptors (Lipinski definition) is 4. The van der Waals surface area contributed by atoms with Crippen LogP contribution in [0.3, 0.4) is 0 Å². The number of benzene rings is 2. The first-order valence-corrected chi connectivity index (χ1v) is 7.50. The van der Waals surface area contributed by atoms with Crippen LogP contribution in [0.15, 0.2) is 54.6 Å². The Hall–Kier alpha value is -1.59. The Morgan fingerprint density at radius 2 is 1.78 bits per heavy atom. The molecule has 0 saturated heterocycles. The average molecular weight is 337 g/mol. The van der Waals surface area contributed by atoms with Crippen molar-refractivity contribution in [3.63, 3.8) is 0 Å². The van der Waals surface area contributed by atoms with Gasteiger partial charge in [0.05, 0.1) is 13.2 Å². The lowest BCUT2D eigenvalue weighted by Crippen LogP contribution is -2.42. The molecule has 0 radical (unpaired) electrons. The predicted molar refractivity (Wildman–Crippen MR) is 96.1 cm³/mol. The summed E-state index contributed by atoms with van der Waals surface area (Å²) in [4.78, 5) is 0. The predicted octanol–water partition coefficient (Wildman–Crippen LogP) is 2.14. The van der Waals surface area contributed by atoms with E-state index in [0.717, 1.165) is 16.9 Å². The number of aliphatic hydroxyl groups excluding tert-OH is 1. The highest BCUT2D eigenvalue weighted by Gasteiger charge is 2.14. The van der Waals surface area contributed by atoms with Crippen LogP contribution in [0.25, 0.3) is 0 Å². The largest absolute Gasteiger partial charge is 0.497 e. The Balaban J connectivity index is 0.00000264. The van der Waals surface area contributed by atoms with E-state index in [0.29, 0.717) is 19.5 Å². The Morgan fingerprint density at radius 1 is 1.09 bits per heavy atom. The molecule has 2 aromatic rings. The zero-order valence-electron chi connectivity index (χ0n) is 13.3. The van der Waals surface area contributed by atoms with Gasteiger partial charge in [0.1, 0.15) is 5.75 Å². The van der Waals surface area contributed by atoms with E-state index < -0.39 is 6.10 Å². The minimum atomic E-state index is -0.578. The lowest BCUT2D eigenvalue weighted by Gasteiger charge is -2.19. The van der Waals surface area contributed by atoms with Crippen LogP contribution in [0.1, 0.15) is 11.1 Å². The second-order valence-corrected chi connectivity index (χ2v) is 5.40. The molecule has 2 atom stereocenters. The summed E-state index contributed by atoms with van der Waals surface area (Å²) >= 11 is 0. The van der Waals surface area contributed by atoms with Gasteiger partial charge < -0.3 is 20.9 Å². The van der Waals surface area contributed by atoms with Crippen molar-refractivity contribution in [1.29, 1.82) is 0 Å². The summed E-state index contributed by atoms with van der Waals surface area (Å²) in [7, 11) is 1.65. The van der Waals surface area contributed by atoms with Gasteiger partial charge in [-0.2, -0.15) is 0 Å². The van der Waals surface area contributed by atoms with Crippen LogP contribution in [0.2, 0.25) is 0 Å². The quantitative estimate of drug-likeness (QED) is 0.691. The highest BCUT2D eigenvalue weighted by molar-refractivity contribution is 5.85. The smallest absolute Gasteiger partial charge is 0.119 e. The molecule has 0 bridgehead atoms. The first-order valence-electron chi connectivity index (χ1n) is 7.50. The molecule has 0 unspecified atom stereocenters. The fourth-order valence-corrected chi connectivity index (χ4v) is 2.32. The topological polar surface area (TPSA) is 67.5 Å². The second-order valence-electron chi connectivity index (χ2n) is 5.40. The summed E-state index contributed by atoms with van der Waals surface area (Å²) in [5.74, 6) is 0.834. The monoisotopic (exact) mass is 336 g/mol. The van der Waals surface area contributed by atoms with Gasteiger partial charge in [0.25, 0.3) is 0 Å². The number of nitrogens with one attached hydrogen (secondary N) is 1. The number of rotatable bonds is 8. The molecule has 0 aliphatic carbocycles. The van der Waals surface area contributed by atoms with Gasteiger partial charge in [-0.05, 0) is 29.7 Å². The summed E-state index contributed by atoms with van der Waals surface area (Å²) in [6.45, 7) is 1.14. The third kappa shape index (κ3) is 6.59. The van der Waals surface area contributed by atoms with Gasteiger partial charge in [-0.25, -0.2) is 0 Å². The molecule has 2 rings (SSSR count). The molecular weight excluding hydrogens is 312 g/mol. The molecule has 0 aliphatic rings. The van der Waals surface area contributed by atoms with E-state index in [1.54, 1.807) is 7.11 Å². The SMILES string of the molecule is COc1cccc(CNC[C@@H](O)[C@@H](N)Cc2ccccc2)c1.Cl. The molecule has 5 heteroatoms. The van der Waals surface area contributed by atoms with Gasteiger partial charge in [-0.15, -0.1) is 12.4 Å². The third-order valence-corrected chi connectivity index (χ3v) is 3.63. The van der Waals surface area contributed by atoms with Gasteiger partial charge >= 0.3 is 0 Å². The summed E-state index contributed by atoms with van der Waals surface area (Å²) in [6, 6.07) is 17.6. The zero-order valence-corrected chi connectivity index (χ0v) is 14.1. The number of nitrogens with two attached hydrogens (primary N) is 1. The second kappa shape index (κ2) is 10.2. The van der Waals surface area contributed by atoms with Gasteiger partial charge in [0.15, 0.2) is 0 Å². The minimum Gasteiger partial charge on any atom is -0.497 e. The fraction of sp³-hybridized carbons (Fsp3) is 0.333. The standard InChI is InChI=1S/C18H24N2O2.ClH/c1-22-16-9-5-8-15(10-16)12-20-13-18(21)17(19)11-14-6-3-2-4-7-14;/h2-10,17-18,20-21H,11-13,19H2,1H3;1H/t17-,18+;/m0./s1. The van der Waals surface area contributed by atoms with Crippen LogP contribution in [-0.4, -0.2) is 30.9 Å². The van der Waals surface area contributed by atoms with Gasteiger partial charge in [0.2, 0.25) is 0 Å². The van der Waals surface area contributed by atoms with Crippen LogP contribution in [0, 0.1) is 0 Å². The van der Waals surface area contributed by atoms with Crippen molar-refractivity contribution >= 4 is 12.4 Å². The summed E-state index contributed by atoms with van der Waals surface area (Å²) in [5.41, 5.74) is 8.32. The van der Waals surface area contributed by atoms with Crippen LogP contribution in [0.4, 0.5) is 0 Å². The maximum Gasteiger partial charge on any atom is 0.119 e. The Kier molecular flexibility index (Phi) is 8.66. The minimum absolute atomic E-state index is 0. The number of methoxy groups -OCH3 is 1. The van der Waals surface area contributed by atoms with Gasteiger partial charge in [-0.3, -0.25) is 0 Å². The molecule has 0 fully saturated rings. The number of halogens is 1. The number of aliphatic hydroxyl groups is 1. The van der Waals surface area contributed by atoms with Crippen molar-refractivity contribution in [2.45, 2.75) is 25.1 Å². The Labute approximate surface area is 144 Å². The Morgan fingerprint density at radius 3 is 2.48 bits per heavy atom. The van der Waals surface area contributed by atoms with Crippen LogP contribution in [-0.2, 0) is 13.0 Å². The third-order valence-electron chi connectivity index (χ3n) is 3.63.